The molecule has 2 N–H and O–H groups in total. The lowest BCUT2D eigenvalue weighted by molar-refractivity contribution is 0.229. The fourth-order valence-corrected chi connectivity index (χ4v) is 5.08. The molecular weight excluding hydrogens is 484 g/mol. The average Bonchev–Trinajstić information content (AvgIpc) is 3.23. The maximum absolute atomic E-state index is 6.23. The molecule has 1 aliphatic heterocycles. The topological polar surface area (TPSA) is 76.2 Å². The van der Waals surface area contributed by atoms with Crippen LogP contribution in [0.25, 0.3) is 22.0 Å². The molecule has 5 rings (SSSR count). The van der Waals surface area contributed by atoms with Crippen LogP contribution in [0.4, 0.5) is 11.8 Å². The number of benzene rings is 2. The Hall–Kier alpha value is -3.20. The van der Waals surface area contributed by atoms with E-state index < -0.39 is 0 Å². The van der Waals surface area contributed by atoms with Gasteiger partial charge in [-0.2, -0.15) is 10.1 Å². The molecule has 2 aromatic heterocycles. The van der Waals surface area contributed by atoms with Crippen molar-refractivity contribution in [3.05, 3.63) is 64.4 Å². The molecule has 4 aromatic rings. The molecule has 1 fully saturated rings. The number of aromatic nitrogens is 4. The van der Waals surface area contributed by atoms with E-state index in [0.717, 1.165) is 95.0 Å². The molecule has 0 atom stereocenters. The SMILES string of the molecule is Cc1n[nH]c(C)c1-c1ccc2nc(N3CCN(CCN(C)C)CC3)nc(NCc3cccc(Cl)c3)c2c1. The first kappa shape index (κ1) is 25.4. The summed E-state index contributed by atoms with van der Waals surface area (Å²) in [7, 11) is 4.25. The molecule has 1 aliphatic rings. The lowest BCUT2D eigenvalue weighted by Crippen LogP contribution is -2.48. The standard InChI is InChI=1S/C28H35ClN8/c1-19-26(20(2)34-33-19)22-8-9-25-24(17-22)27(30-18-21-6-5-7-23(29)16-21)32-28(31-25)37-14-12-36(13-15-37)11-10-35(3)4/h5-9,16-17H,10-15,18H2,1-4H3,(H,33,34)(H,30,31,32). The van der Waals surface area contributed by atoms with E-state index in [2.05, 4.69) is 75.5 Å². The van der Waals surface area contributed by atoms with Crippen molar-refractivity contribution in [1.82, 2.24) is 30.0 Å². The van der Waals surface area contributed by atoms with Crippen LogP contribution in [0.2, 0.25) is 5.02 Å². The largest absolute Gasteiger partial charge is 0.365 e. The van der Waals surface area contributed by atoms with Crippen LogP contribution in [0.15, 0.2) is 42.5 Å². The number of piperazine rings is 1. The predicted molar refractivity (Wildman–Crippen MR) is 153 cm³/mol. The van der Waals surface area contributed by atoms with Gasteiger partial charge in [0.2, 0.25) is 5.95 Å². The number of likely N-dealkylation sites (N-methyl/N-ethyl adjacent to an activating group) is 1. The minimum absolute atomic E-state index is 0.623. The summed E-state index contributed by atoms with van der Waals surface area (Å²) < 4.78 is 0. The van der Waals surface area contributed by atoms with Gasteiger partial charge in [-0.15, -0.1) is 0 Å². The first-order valence-electron chi connectivity index (χ1n) is 12.8. The molecule has 0 spiro atoms. The molecule has 37 heavy (non-hydrogen) atoms. The quantitative estimate of drug-likeness (QED) is 0.353. The molecule has 0 aliphatic carbocycles. The first-order chi connectivity index (χ1) is 17.9. The molecule has 0 unspecified atom stereocenters. The van der Waals surface area contributed by atoms with Gasteiger partial charge in [-0.25, -0.2) is 4.98 Å². The second-order valence-electron chi connectivity index (χ2n) is 10.0. The van der Waals surface area contributed by atoms with Crippen LogP contribution < -0.4 is 10.2 Å². The van der Waals surface area contributed by atoms with Gasteiger partial charge in [-0.3, -0.25) is 10.00 Å². The van der Waals surface area contributed by atoms with Crippen molar-refractivity contribution in [2.24, 2.45) is 0 Å². The Morgan fingerprint density at radius 3 is 2.54 bits per heavy atom. The van der Waals surface area contributed by atoms with Crippen molar-refractivity contribution >= 4 is 34.3 Å². The van der Waals surface area contributed by atoms with Crippen LogP contribution >= 0.6 is 11.6 Å². The predicted octanol–water partition coefficient (Wildman–Crippen LogP) is 4.59. The Labute approximate surface area is 223 Å². The van der Waals surface area contributed by atoms with Gasteiger partial charge in [-0.05, 0) is 63.3 Å². The number of fused-ring (bicyclic) bond motifs is 1. The highest BCUT2D eigenvalue weighted by Crippen LogP contribution is 2.32. The maximum Gasteiger partial charge on any atom is 0.227 e. The van der Waals surface area contributed by atoms with E-state index in [0.29, 0.717) is 6.54 Å². The van der Waals surface area contributed by atoms with Crippen LogP contribution in [0, 0.1) is 13.8 Å². The normalized spacial score (nSPS) is 14.6. The van der Waals surface area contributed by atoms with Gasteiger partial charge in [-0.1, -0.05) is 29.8 Å². The monoisotopic (exact) mass is 518 g/mol. The van der Waals surface area contributed by atoms with Crippen molar-refractivity contribution in [1.29, 1.82) is 0 Å². The lowest BCUT2D eigenvalue weighted by Gasteiger charge is -2.35. The smallest absolute Gasteiger partial charge is 0.227 e. The van der Waals surface area contributed by atoms with Gasteiger partial charge in [0, 0.05) is 67.5 Å². The highest BCUT2D eigenvalue weighted by atomic mass is 35.5. The molecule has 8 nitrogen and oxygen atoms in total. The number of halogens is 1. The highest BCUT2D eigenvalue weighted by molar-refractivity contribution is 6.30. The summed E-state index contributed by atoms with van der Waals surface area (Å²) >= 11 is 6.23. The van der Waals surface area contributed by atoms with Crippen molar-refractivity contribution in [3.8, 4) is 11.1 Å². The van der Waals surface area contributed by atoms with E-state index in [-0.39, 0.29) is 0 Å². The van der Waals surface area contributed by atoms with E-state index in [1.165, 1.54) is 0 Å². The third-order valence-electron chi connectivity index (χ3n) is 6.97. The molecule has 9 heteroatoms. The zero-order valence-corrected chi connectivity index (χ0v) is 22.8. The Bertz CT molecular complexity index is 1350. The number of aromatic amines is 1. The summed E-state index contributed by atoms with van der Waals surface area (Å²) in [4.78, 5) is 17.1. The van der Waals surface area contributed by atoms with E-state index in [1.807, 2.05) is 25.1 Å². The lowest BCUT2D eigenvalue weighted by atomic mass is 10.0. The summed E-state index contributed by atoms with van der Waals surface area (Å²) in [6.45, 7) is 10.7. The fourth-order valence-electron chi connectivity index (χ4n) is 4.87. The number of hydrogen-bond acceptors (Lipinski definition) is 7. The van der Waals surface area contributed by atoms with Crippen LogP contribution in [0.5, 0.6) is 0 Å². The number of rotatable bonds is 8. The molecular formula is C28H35ClN8. The molecule has 0 bridgehead atoms. The zero-order valence-electron chi connectivity index (χ0n) is 22.1. The third-order valence-corrected chi connectivity index (χ3v) is 7.20. The van der Waals surface area contributed by atoms with E-state index >= 15 is 0 Å². The molecule has 194 valence electrons. The highest BCUT2D eigenvalue weighted by Gasteiger charge is 2.21. The average molecular weight is 519 g/mol. The molecule has 2 aromatic carbocycles. The van der Waals surface area contributed by atoms with Gasteiger partial charge in [0.15, 0.2) is 0 Å². The van der Waals surface area contributed by atoms with Crippen molar-refractivity contribution in [2.75, 3.05) is 63.6 Å². The molecule has 0 amide bonds. The molecule has 1 saturated heterocycles. The minimum atomic E-state index is 0.623. The summed E-state index contributed by atoms with van der Waals surface area (Å²) in [5.41, 5.74) is 6.29. The van der Waals surface area contributed by atoms with Gasteiger partial charge in [0.1, 0.15) is 5.82 Å². The Morgan fingerprint density at radius 1 is 1.03 bits per heavy atom. The number of hydrogen-bond donors (Lipinski definition) is 2. The minimum Gasteiger partial charge on any atom is -0.365 e. The van der Waals surface area contributed by atoms with Crippen molar-refractivity contribution in [2.45, 2.75) is 20.4 Å². The van der Waals surface area contributed by atoms with Crippen LogP contribution in [0.3, 0.4) is 0 Å². The second-order valence-corrected chi connectivity index (χ2v) is 10.5. The van der Waals surface area contributed by atoms with E-state index in [4.69, 9.17) is 21.6 Å². The summed E-state index contributed by atoms with van der Waals surface area (Å²) in [5, 5.41) is 12.8. The van der Waals surface area contributed by atoms with E-state index in [1.54, 1.807) is 0 Å². The molecule has 0 saturated carbocycles. The van der Waals surface area contributed by atoms with Crippen LogP contribution in [0.1, 0.15) is 17.0 Å². The number of aryl methyl sites for hydroxylation is 2. The van der Waals surface area contributed by atoms with Gasteiger partial charge in [0.25, 0.3) is 0 Å². The summed E-state index contributed by atoms with van der Waals surface area (Å²) in [5.74, 6) is 1.60. The van der Waals surface area contributed by atoms with Gasteiger partial charge < -0.3 is 15.1 Å². The third kappa shape index (κ3) is 5.87. The zero-order chi connectivity index (χ0) is 25.9. The second kappa shape index (κ2) is 11.0. The number of nitrogens with zero attached hydrogens (tertiary/aromatic N) is 6. The Kier molecular flexibility index (Phi) is 7.60. The molecule has 0 radical (unpaired) electrons. The Balaban J connectivity index is 1.46. The van der Waals surface area contributed by atoms with E-state index in [9.17, 15) is 0 Å². The molecule has 3 heterocycles. The summed E-state index contributed by atoms with van der Waals surface area (Å²) in [6, 6.07) is 14.3. The Morgan fingerprint density at radius 2 is 1.84 bits per heavy atom. The van der Waals surface area contributed by atoms with Crippen LogP contribution in [-0.4, -0.2) is 83.3 Å². The van der Waals surface area contributed by atoms with Gasteiger partial charge in [0.05, 0.1) is 11.2 Å². The van der Waals surface area contributed by atoms with Gasteiger partial charge >= 0.3 is 0 Å². The number of H-pyrrole nitrogens is 1. The van der Waals surface area contributed by atoms with Crippen LogP contribution in [-0.2, 0) is 6.54 Å². The van der Waals surface area contributed by atoms with Crippen molar-refractivity contribution in [3.63, 3.8) is 0 Å². The summed E-state index contributed by atoms with van der Waals surface area (Å²) in [6.07, 6.45) is 0. The maximum atomic E-state index is 6.23. The number of nitrogens with one attached hydrogen (secondary N) is 2. The number of anilines is 2. The fraction of sp³-hybridized carbons (Fsp3) is 0.393. The first-order valence-corrected chi connectivity index (χ1v) is 13.2. The van der Waals surface area contributed by atoms with Crippen molar-refractivity contribution < 1.29 is 0 Å².